The van der Waals surface area contributed by atoms with E-state index in [1.165, 1.54) is 12.1 Å². The first-order valence-corrected chi connectivity index (χ1v) is 10.2. The van der Waals surface area contributed by atoms with Gasteiger partial charge in [0.2, 0.25) is 0 Å². The van der Waals surface area contributed by atoms with Crippen molar-refractivity contribution >= 4 is 17.3 Å². The van der Waals surface area contributed by atoms with E-state index in [0.717, 1.165) is 49.7 Å². The molecule has 4 rings (SSSR count). The van der Waals surface area contributed by atoms with E-state index in [1.54, 1.807) is 13.1 Å². The number of guanidine groups is 1. The molecule has 160 valence electrons. The average molecular weight is 416 g/mol. The number of halogens is 2. The highest BCUT2D eigenvalue weighted by Crippen LogP contribution is 2.32. The number of aliphatic imine (C=N–C) groups is 1. The van der Waals surface area contributed by atoms with Gasteiger partial charge in [-0.2, -0.15) is 0 Å². The summed E-state index contributed by atoms with van der Waals surface area (Å²) in [6.45, 7) is 3.61. The fourth-order valence-corrected chi connectivity index (χ4v) is 3.71. The number of anilines is 2. The zero-order valence-corrected chi connectivity index (χ0v) is 17.0. The molecule has 0 aromatic heterocycles. The predicted molar refractivity (Wildman–Crippen MR) is 114 cm³/mol. The van der Waals surface area contributed by atoms with Gasteiger partial charge in [-0.25, -0.2) is 8.78 Å². The molecular weight excluding hydrogens is 390 g/mol. The SMILES string of the molecule is CN=C(NCC1CCN(c2ccc(F)c(F)c2)C1)Nc1ccc2c(c1)OCCCO2. The Bertz CT molecular complexity index is 922. The number of fused-ring (bicyclic) bond motifs is 1. The van der Waals surface area contributed by atoms with Gasteiger partial charge in [-0.3, -0.25) is 4.99 Å². The number of hydrogen-bond donors (Lipinski definition) is 2. The van der Waals surface area contributed by atoms with Crippen LogP contribution in [-0.4, -0.2) is 45.9 Å². The normalized spacial score (nSPS) is 18.8. The van der Waals surface area contributed by atoms with Crippen LogP contribution in [0.2, 0.25) is 0 Å². The second kappa shape index (κ2) is 9.19. The summed E-state index contributed by atoms with van der Waals surface area (Å²) in [5.74, 6) is 0.890. The van der Waals surface area contributed by atoms with Crippen molar-refractivity contribution in [1.82, 2.24) is 5.32 Å². The Morgan fingerprint density at radius 3 is 2.73 bits per heavy atom. The van der Waals surface area contributed by atoms with Crippen molar-refractivity contribution in [2.24, 2.45) is 10.9 Å². The van der Waals surface area contributed by atoms with Gasteiger partial charge < -0.3 is 25.0 Å². The lowest BCUT2D eigenvalue weighted by molar-refractivity contribution is 0.297. The van der Waals surface area contributed by atoms with Crippen LogP contribution in [0, 0.1) is 17.6 Å². The van der Waals surface area contributed by atoms with E-state index in [0.29, 0.717) is 30.8 Å². The lowest BCUT2D eigenvalue weighted by Crippen LogP contribution is -2.35. The highest BCUT2D eigenvalue weighted by Gasteiger charge is 2.23. The maximum Gasteiger partial charge on any atom is 0.195 e. The molecule has 2 N–H and O–H groups in total. The van der Waals surface area contributed by atoms with Gasteiger partial charge in [-0.05, 0) is 36.6 Å². The van der Waals surface area contributed by atoms with E-state index >= 15 is 0 Å². The van der Waals surface area contributed by atoms with Gasteiger partial charge in [0, 0.05) is 56.6 Å². The van der Waals surface area contributed by atoms with Crippen molar-refractivity contribution in [1.29, 1.82) is 0 Å². The van der Waals surface area contributed by atoms with Crippen molar-refractivity contribution in [2.45, 2.75) is 12.8 Å². The molecule has 6 nitrogen and oxygen atoms in total. The van der Waals surface area contributed by atoms with Crippen LogP contribution in [0.1, 0.15) is 12.8 Å². The third kappa shape index (κ3) is 4.75. The molecule has 0 aliphatic carbocycles. The van der Waals surface area contributed by atoms with Crippen LogP contribution in [0.15, 0.2) is 41.4 Å². The summed E-state index contributed by atoms with van der Waals surface area (Å²) in [4.78, 5) is 6.37. The fourth-order valence-electron chi connectivity index (χ4n) is 3.71. The molecule has 0 bridgehead atoms. The molecule has 0 spiro atoms. The number of ether oxygens (including phenoxy) is 2. The van der Waals surface area contributed by atoms with Crippen LogP contribution in [0.25, 0.3) is 0 Å². The number of nitrogens with zero attached hydrogens (tertiary/aromatic N) is 2. The lowest BCUT2D eigenvalue weighted by Gasteiger charge is -2.20. The van der Waals surface area contributed by atoms with Crippen LogP contribution >= 0.6 is 0 Å². The first-order chi connectivity index (χ1) is 14.6. The second-order valence-electron chi connectivity index (χ2n) is 7.49. The van der Waals surface area contributed by atoms with Gasteiger partial charge in [-0.1, -0.05) is 0 Å². The van der Waals surface area contributed by atoms with Crippen LogP contribution in [0.4, 0.5) is 20.2 Å². The molecule has 1 fully saturated rings. The van der Waals surface area contributed by atoms with E-state index in [1.807, 2.05) is 18.2 Å². The largest absolute Gasteiger partial charge is 0.490 e. The molecule has 1 unspecified atom stereocenters. The van der Waals surface area contributed by atoms with Gasteiger partial charge in [0.15, 0.2) is 29.1 Å². The summed E-state index contributed by atoms with van der Waals surface area (Å²) in [5.41, 5.74) is 1.58. The topological polar surface area (TPSA) is 58.1 Å². The van der Waals surface area contributed by atoms with Gasteiger partial charge in [0.25, 0.3) is 0 Å². The van der Waals surface area contributed by atoms with Gasteiger partial charge in [-0.15, -0.1) is 0 Å². The second-order valence-corrected chi connectivity index (χ2v) is 7.49. The molecule has 2 heterocycles. The lowest BCUT2D eigenvalue weighted by atomic mass is 10.1. The molecular formula is C22H26F2N4O2. The first-order valence-electron chi connectivity index (χ1n) is 10.2. The first kappa shape index (κ1) is 20.3. The van der Waals surface area contributed by atoms with Crippen molar-refractivity contribution in [3.63, 3.8) is 0 Å². The molecule has 1 saturated heterocycles. The number of hydrogen-bond acceptors (Lipinski definition) is 4. The Morgan fingerprint density at radius 1 is 1.10 bits per heavy atom. The van der Waals surface area contributed by atoms with Gasteiger partial charge >= 0.3 is 0 Å². The molecule has 0 saturated carbocycles. The van der Waals surface area contributed by atoms with E-state index < -0.39 is 11.6 Å². The third-order valence-electron chi connectivity index (χ3n) is 5.35. The van der Waals surface area contributed by atoms with E-state index in [4.69, 9.17) is 9.47 Å². The number of rotatable bonds is 4. The van der Waals surface area contributed by atoms with E-state index in [2.05, 4.69) is 20.5 Å². The maximum absolute atomic E-state index is 13.5. The molecule has 2 aromatic carbocycles. The monoisotopic (exact) mass is 416 g/mol. The number of benzene rings is 2. The van der Waals surface area contributed by atoms with Gasteiger partial charge in [0.1, 0.15) is 0 Å². The molecule has 30 heavy (non-hydrogen) atoms. The minimum Gasteiger partial charge on any atom is -0.490 e. The molecule has 0 amide bonds. The van der Waals surface area contributed by atoms with Crippen LogP contribution in [0.5, 0.6) is 11.5 Å². The third-order valence-corrected chi connectivity index (χ3v) is 5.35. The minimum absolute atomic E-state index is 0.375. The number of nitrogens with one attached hydrogen (secondary N) is 2. The standard InChI is InChI=1S/C22H26F2N4O2/c1-25-22(27-16-3-6-20-21(11-16)30-10-2-9-29-20)26-13-15-7-8-28(14-15)17-4-5-18(23)19(24)12-17/h3-6,11-12,15H,2,7-10,13-14H2,1H3,(H2,25,26,27). The highest BCUT2D eigenvalue weighted by molar-refractivity contribution is 5.93. The summed E-state index contributed by atoms with van der Waals surface area (Å²) in [5, 5.41) is 6.63. The Balaban J connectivity index is 1.31. The smallest absolute Gasteiger partial charge is 0.195 e. The van der Waals surface area contributed by atoms with Crippen molar-refractivity contribution in [3.8, 4) is 11.5 Å². The maximum atomic E-state index is 13.5. The zero-order valence-electron chi connectivity index (χ0n) is 17.0. The summed E-state index contributed by atoms with van der Waals surface area (Å²) >= 11 is 0. The molecule has 1 atom stereocenters. The van der Waals surface area contributed by atoms with Crippen LogP contribution < -0.4 is 25.0 Å². The molecule has 2 aliphatic heterocycles. The zero-order chi connectivity index (χ0) is 20.9. The van der Waals surface area contributed by atoms with Crippen molar-refractivity contribution in [2.75, 3.05) is 50.1 Å². The van der Waals surface area contributed by atoms with Gasteiger partial charge in [0.05, 0.1) is 13.2 Å². The summed E-state index contributed by atoms with van der Waals surface area (Å²) in [6.07, 6.45) is 1.83. The minimum atomic E-state index is -0.819. The average Bonchev–Trinajstić information content (AvgIpc) is 3.10. The molecule has 0 radical (unpaired) electrons. The highest BCUT2D eigenvalue weighted by atomic mass is 19.2. The molecule has 2 aliphatic rings. The van der Waals surface area contributed by atoms with E-state index in [9.17, 15) is 8.78 Å². The predicted octanol–water partition coefficient (Wildman–Crippen LogP) is 3.64. The van der Waals surface area contributed by atoms with Crippen molar-refractivity contribution < 1.29 is 18.3 Å². The summed E-state index contributed by atoms with van der Waals surface area (Å²) in [7, 11) is 1.72. The quantitative estimate of drug-likeness (QED) is 0.589. The Kier molecular flexibility index (Phi) is 6.21. The summed E-state index contributed by atoms with van der Waals surface area (Å²) < 4.78 is 38.1. The van der Waals surface area contributed by atoms with E-state index in [-0.39, 0.29) is 0 Å². The Morgan fingerprint density at radius 2 is 1.93 bits per heavy atom. The fraction of sp³-hybridized carbons (Fsp3) is 0.409. The van der Waals surface area contributed by atoms with Crippen LogP contribution in [-0.2, 0) is 0 Å². The van der Waals surface area contributed by atoms with Crippen LogP contribution in [0.3, 0.4) is 0 Å². The summed E-state index contributed by atoms with van der Waals surface area (Å²) in [6, 6.07) is 9.80. The molecule has 2 aromatic rings. The Hall–Kier alpha value is -3.03. The van der Waals surface area contributed by atoms with Crippen molar-refractivity contribution in [3.05, 3.63) is 48.0 Å². The Labute approximate surface area is 174 Å². The molecule has 8 heteroatoms.